The van der Waals surface area contributed by atoms with Crippen molar-refractivity contribution in [1.82, 2.24) is 5.32 Å². The molecular formula is C9H19NOS. The molecule has 0 saturated heterocycles. The average Bonchev–Trinajstić information content (AvgIpc) is 2.50. The third-order valence-corrected chi connectivity index (χ3v) is 3.56. The van der Waals surface area contributed by atoms with Crippen LogP contribution in [0, 0.1) is 0 Å². The molecule has 72 valence electrons. The quantitative estimate of drug-likeness (QED) is 0.682. The lowest BCUT2D eigenvalue weighted by atomic mass is 10.2. The zero-order valence-corrected chi connectivity index (χ0v) is 8.57. The van der Waals surface area contributed by atoms with E-state index in [1.54, 1.807) is 0 Å². The fourth-order valence-electron chi connectivity index (χ4n) is 1.78. The third kappa shape index (κ3) is 3.33. The molecule has 3 heteroatoms. The Morgan fingerprint density at radius 3 is 3.00 bits per heavy atom. The number of nitrogens with one attached hydrogen (secondary N) is 1. The molecule has 0 aromatic heterocycles. The van der Waals surface area contributed by atoms with Gasteiger partial charge >= 0.3 is 0 Å². The highest BCUT2D eigenvalue weighted by Crippen LogP contribution is 2.29. The summed E-state index contributed by atoms with van der Waals surface area (Å²) in [6, 6.07) is 0.668. The summed E-state index contributed by atoms with van der Waals surface area (Å²) in [7, 11) is 0. The van der Waals surface area contributed by atoms with Crippen molar-refractivity contribution in [2.75, 3.05) is 18.9 Å². The Bertz CT molecular complexity index is 121. The van der Waals surface area contributed by atoms with E-state index in [9.17, 15) is 0 Å². The third-order valence-electron chi connectivity index (χ3n) is 2.33. The molecule has 1 aliphatic rings. The summed E-state index contributed by atoms with van der Waals surface area (Å²) in [5, 5.41) is 12.9. The lowest BCUT2D eigenvalue weighted by Gasteiger charge is -2.11. The molecule has 0 aromatic rings. The van der Waals surface area contributed by atoms with Gasteiger partial charge in [-0.3, -0.25) is 0 Å². The predicted octanol–water partition coefficient (Wildman–Crippen LogP) is 1.24. The molecule has 0 heterocycles. The highest BCUT2D eigenvalue weighted by Gasteiger charge is 2.23. The maximum atomic E-state index is 8.63. The average molecular weight is 189 g/mol. The van der Waals surface area contributed by atoms with Gasteiger partial charge in [-0.05, 0) is 25.0 Å². The Morgan fingerprint density at radius 1 is 1.50 bits per heavy atom. The van der Waals surface area contributed by atoms with Gasteiger partial charge in [0.1, 0.15) is 0 Å². The number of hydrogen-bond donors (Lipinski definition) is 2. The molecule has 1 saturated carbocycles. The molecule has 12 heavy (non-hydrogen) atoms. The van der Waals surface area contributed by atoms with E-state index in [-0.39, 0.29) is 6.61 Å². The Kier molecular flexibility index (Phi) is 5.04. The molecule has 0 radical (unpaired) electrons. The van der Waals surface area contributed by atoms with Crippen LogP contribution < -0.4 is 5.32 Å². The van der Waals surface area contributed by atoms with E-state index in [0.717, 1.165) is 11.8 Å². The minimum Gasteiger partial charge on any atom is -0.395 e. The lowest BCUT2D eigenvalue weighted by molar-refractivity contribution is 0.284. The van der Waals surface area contributed by atoms with Crippen LogP contribution in [-0.4, -0.2) is 35.3 Å². The van der Waals surface area contributed by atoms with Crippen molar-refractivity contribution in [2.45, 2.75) is 37.5 Å². The molecule has 2 N–H and O–H groups in total. The zero-order chi connectivity index (χ0) is 8.81. The minimum atomic E-state index is 0.266. The van der Waals surface area contributed by atoms with Crippen LogP contribution in [0.15, 0.2) is 0 Å². The van der Waals surface area contributed by atoms with Crippen molar-refractivity contribution < 1.29 is 5.11 Å². The molecule has 1 rings (SSSR count). The van der Waals surface area contributed by atoms with Gasteiger partial charge in [-0.2, -0.15) is 11.8 Å². The molecule has 0 amide bonds. The monoisotopic (exact) mass is 189 g/mol. The van der Waals surface area contributed by atoms with Crippen LogP contribution in [0.25, 0.3) is 0 Å². The molecule has 0 aliphatic heterocycles. The maximum absolute atomic E-state index is 8.63. The van der Waals surface area contributed by atoms with Crippen LogP contribution in [0.5, 0.6) is 0 Å². The van der Waals surface area contributed by atoms with E-state index >= 15 is 0 Å². The van der Waals surface area contributed by atoms with Crippen molar-refractivity contribution in [3.63, 3.8) is 0 Å². The SMILES string of the molecule is CCSC1CCC(NCCO)C1. The number of hydrogen-bond acceptors (Lipinski definition) is 3. The summed E-state index contributed by atoms with van der Waals surface area (Å²) in [6.07, 6.45) is 3.93. The Balaban J connectivity index is 2.08. The van der Waals surface area contributed by atoms with Gasteiger partial charge in [0.05, 0.1) is 6.61 Å². The Morgan fingerprint density at radius 2 is 2.33 bits per heavy atom. The van der Waals surface area contributed by atoms with Crippen molar-refractivity contribution in [1.29, 1.82) is 0 Å². The fraction of sp³-hybridized carbons (Fsp3) is 1.00. The highest BCUT2D eigenvalue weighted by molar-refractivity contribution is 7.99. The van der Waals surface area contributed by atoms with E-state index in [2.05, 4.69) is 24.0 Å². The second-order valence-corrected chi connectivity index (χ2v) is 4.84. The van der Waals surface area contributed by atoms with Gasteiger partial charge in [-0.15, -0.1) is 0 Å². The van der Waals surface area contributed by atoms with E-state index < -0.39 is 0 Å². The first-order valence-electron chi connectivity index (χ1n) is 4.82. The largest absolute Gasteiger partial charge is 0.395 e. The number of thioether (sulfide) groups is 1. The van der Waals surface area contributed by atoms with Crippen molar-refractivity contribution in [3.05, 3.63) is 0 Å². The molecule has 0 bridgehead atoms. The summed E-state index contributed by atoms with van der Waals surface area (Å²) >= 11 is 2.07. The molecule has 2 unspecified atom stereocenters. The molecular weight excluding hydrogens is 170 g/mol. The first-order valence-corrected chi connectivity index (χ1v) is 5.87. The standard InChI is InChI=1S/C9H19NOS/c1-2-12-9-4-3-8(7-9)10-5-6-11/h8-11H,2-7H2,1H3. The summed E-state index contributed by atoms with van der Waals surface area (Å²) in [5.41, 5.74) is 0. The van der Waals surface area contributed by atoms with Gasteiger partial charge in [0.25, 0.3) is 0 Å². The van der Waals surface area contributed by atoms with Crippen molar-refractivity contribution >= 4 is 11.8 Å². The van der Waals surface area contributed by atoms with E-state index in [1.165, 1.54) is 25.0 Å². The fourth-order valence-corrected chi connectivity index (χ4v) is 2.92. The van der Waals surface area contributed by atoms with Gasteiger partial charge in [0, 0.05) is 17.8 Å². The minimum absolute atomic E-state index is 0.266. The maximum Gasteiger partial charge on any atom is 0.0556 e. The topological polar surface area (TPSA) is 32.3 Å². The molecule has 0 aromatic carbocycles. The van der Waals surface area contributed by atoms with E-state index in [4.69, 9.17) is 5.11 Å². The first-order chi connectivity index (χ1) is 5.86. The van der Waals surface area contributed by atoms with Crippen LogP contribution in [0.1, 0.15) is 26.2 Å². The van der Waals surface area contributed by atoms with Crippen molar-refractivity contribution in [2.24, 2.45) is 0 Å². The molecule has 1 fully saturated rings. The van der Waals surface area contributed by atoms with Gasteiger partial charge in [0.15, 0.2) is 0 Å². The summed E-state index contributed by atoms with van der Waals surface area (Å²) in [5.74, 6) is 1.23. The lowest BCUT2D eigenvalue weighted by Crippen LogP contribution is -2.29. The second-order valence-electron chi connectivity index (χ2n) is 3.27. The summed E-state index contributed by atoms with van der Waals surface area (Å²) < 4.78 is 0. The van der Waals surface area contributed by atoms with Crippen LogP contribution in [0.3, 0.4) is 0 Å². The Hall–Kier alpha value is 0.270. The van der Waals surface area contributed by atoms with Gasteiger partial charge in [0.2, 0.25) is 0 Å². The molecule has 0 spiro atoms. The first kappa shape index (κ1) is 10.4. The Labute approximate surface area is 79.1 Å². The van der Waals surface area contributed by atoms with E-state index in [0.29, 0.717) is 6.04 Å². The zero-order valence-electron chi connectivity index (χ0n) is 7.75. The second kappa shape index (κ2) is 5.84. The van der Waals surface area contributed by atoms with Gasteiger partial charge in [-0.1, -0.05) is 6.92 Å². The molecule has 1 aliphatic carbocycles. The smallest absolute Gasteiger partial charge is 0.0556 e. The van der Waals surface area contributed by atoms with E-state index in [1.807, 2.05) is 0 Å². The molecule has 2 nitrogen and oxygen atoms in total. The number of aliphatic hydroxyl groups is 1. The van der Waals surface area contributed by atoms with Crippen molar-refractivity contribution in [3.8, 4) is 0 Å². The van der Waals surface area contributed by atoms with Crippen LogP contribution in [-0.2, 0) is 0 Å². The van der Waals surface area contributed by atoms with Crippen LogP contribution >= 0.6 is 11.8 Å². The summed E-state index contributed by atoms with van der Waals surface area (Å²) in [6.45, 7) is 3.25. The normalized spacial score (nSPS) is 29.5. The van der Waals surface area contributed by atoms with Gasteiger partial charge in [-0.25, -0.2) is 0 Å². The number of rotatable bonds is 5. The molecule has 2 atom stereocenters. The van der Waals surface area contributed by atoms with Crippen LogP contribution in [0.4, 0.5) is 0 Å². The highest BCUT2D eigenvalue weighted by atomic mass is 32.2. The van der Waals surface area contributed by atoms with Crippen LogP contribution in [0.2, 0.25) is 0 Å². The van der Waals surface area contributed by atoms with Gasteiger partial charge < -0.3 is 10.4 Å². The number of aliphatic hydroxyl groups excluding tert-OH is 1. The predicted molar refractivity (Wildman–Crippen MR) is 54.6 cm³/mol. The summed E-state index contributed by atoms with van der Waals surface area (Å²) in [4.78, 5) is 0.